The fraction of sp³-hybridized carbons (Fsp3) is 0.0667. The minimum atomic E-state index is -2.91. The maximum absolute atomic E-state index is 8.31. The van der Waals surface area contributed by atoms with Gasteiger partial charge in [0, 0.05) is 4.11 Å². The van der Waals surface area contributed by atoms with Crippen LogP contribution < -0.4 is 0 Å². The lowest BCUT2D eigenvalue weighted by Gasteiger charge is -2.04. The van der Waals surface area contributed by atoms with Crippen LogP contribution in [-0.4, -0.2) is 0 Å². The lowest BCUT2D eigenvalue weighted by molar-refractivity contribution is 1.51. The van der Waals surface area contributed by atoms with Gasteiger partial charge in [0.15, 0.2) is 0 Å². The summed E-state index contributed by atoms with van der Waals surface area (Å²) in [6.45, 7) is -2.91. The Morgan fingerprint density at radius 3 is 2.47 bits per heavy atom. The summed E-state index contributed by atoms with van der Waals surface area (Å²) >= 11 is 0. The Morgan fingerprint density at radius 2 is 1.60 bits per heavy atom. The van der Waals surface area contributed by atoms with Crippen molar-refractivity contribution in [1.82, 2.24) is 0 Å². The molecule has 3 aromatic rings. The molecule has 0 fully saturated rings. The first-order valence-electron chi connectivity index (χ1n) is 10.2. The highest BCUT2D eigenvalue weighted by molar-refractivity contribution is 6.07. The maximum Gasteiger partial charge on any atom is 0.0632 e. The summed E-state index contributed by atoms with van der Waals surface area (Å²) in [6.07, 6.45) is 0. The lowest BCUT2D eigenvalue weighted by Crippen LogP contribution is -1.78. The summed E-state index contributed by atoms with van der Waals surface area (Å²) in [6, 6.07) is -5.72. The quantitative estimate of drug-likeness (QED) is 0.479. The number of benzene rings is 3. The molecule has 0 aliphatic rings. The van der Waals surface area contributed by atoms with E-state index in [1.165, 1.54) is 0 Å². The van der Waals surface area contributed by atoms with Crippen molar-refractivity contribution in [3.05, 3.63) is 59.9 Å². The monoisotopic (exact) mass is 204 g/mol. The second-order valence-corrected chi connectivity index (χ2v) is 3.00. The predicted molar refractivity (Wildman–Crippen MR) is 66.2 cm³/mol. The van der Waals surface area contributed by atoms with Gasteiger partial charge in [-0.1, -0.05) is 59.9 Å². The molecule has 0 atom stereocenters. The van der Waals surface area contributed by atoms with Crippen molar-refractivity contribution < 1.29 is 16.4 Å². The number of hydrogen-bond donors (Lipinski definition) is 0. The van der Waals surface area contributed by atoms with Crippen molar-refractivity contribution >= 4 is 21.5 Å². The molecule has 0 heterocycles. The summed E-state index contributed by atoms with van der Waals surface area (Å²) in [5.74, 6) is 0. The molecule has 3 aromatic carbocycles. The van der Waals surface area contributed by atoms with E-state index in [2.05, 4.69) is 0 Å². The molecule has 0 nitrogen and oxygen atoms in total. The molecule has 72 valence electrons. The first-order valence-corrected chi connectivity index (χ1v) is 4.25. The molecule has 0 spiro atoms. The Hall–Kier alpha value is -1.82. The molecule has 15 heavy (non-hydrogen) atoms. The highest BCUT2D eigenvalue weighted by Gasteiger charge is 1.99. The van der Waals surface area contributed by atoms with Gasteiger partial charge in [0.2, 0.25) is 0 Å². The summed E-state index contributed by atoms with van der Waals surface area (Å²) in [5, 5.41) is -1.28. The van der Waals surface area contributed by atoms with Crippen LogP contribution in [0.1, 0.15) is 22.0 Å². The zero-order chi connectivity index (χ0) is 20.6. The minimum absolute atomic E-state index is 0.291. The van der Waals surface area contributed by atoms with Crippen molar-refractivity contribution in [2.24, 2.45) is 0 Å². The van der Waals surface area contributed by atoms with Gasteiger partial charge in [-0.3, -0.25) is 0 Å². The van der Waals surface area contributed by atoms with E-state index in [1.807, 2.05) is 0 Å². The van der Waals surface area contributed by atoms with Crippen molar-refractivity contribution in [2.75, 3.05) is 0 Å². The van der Waals surface area contributed by atoms with Gasteiger partial charge in [0.1, 0.15) is 0 Å². The summed E-state index contributed by atoms with van der Waals surface area (Å²) < 4.78 is 95.2. The average molecular weight is 204 g/mol. The highest BCUT2D eigenvalue weighted by atomic mass is 14.0. The molecular weight excluding hydrogens is 180 g/mol. The fourth-order valence-electron chi connectivity index (χ4n) is 1.41. The maximum atomic E-state index is 8.31. The van der Waals surface area contributed by atoms with Gasteiger partial charge in [-0.05, 0) is 28.4 Å². The Bertz CT molecular complexity index is 1140. The fourth-order valence-corrected chi connectivity index (χ4v) is 1.41. The topological polar surface area (TPSA) is 0 Å². The Morgan fingerprint density at radius 1 is 0.867 bits per heavy atom. The first-order chi connectivity index (χ1) is 12.3. The SMILES string of the molecule is [2H]c1c([2H])c([2H])c2c(c1[2H])c([2H])c([2H])c1c([2H])c([2H])c(C([2H])([2H])[2H])c([2H])c12. The third-order valence-corrected chi connectivity index (χ3v) is 2.06. The van der Waals surface area contributed by atoms with E-state index in [9.17, 15) is 0 Å². The van der Waals surface area contributed by atoms with Crippen LogP contribution in [0.2, 0.25) is 0 Å². The summed E-state index contributed by atoms with van der Waals surface area (Å²) in [4.78, 5) is 0. The molecule has 0 N–H and O–H groups in total. The van der Waals surface area contributed by atoms with E-state index < -0.39 is 66.8 Å². The smallest absolute Gasteiger partial charge is 0.0616 e. The molecule has 0 bridgehead atoms. The molecule has 3 rings (SSSR count). The Labute approximate surface area is 106 Å². The zero-order valence-corrected chi connectivity index (χ0v) is 7.50. The standard InChI is InChI=1S/C15H12/c1-11-6-7-13-9-8-12-4-2-3-5-14(12)15(13)10-11/h2-10H,1H3/i1D3,2D,3D,4D,5D,6D,7D,8D,9D,10D. The second kappa shape index (κ2) is 3.09. The van der Waals surface area contributed by atoms with E-state index >= 15 is 0 Å². The molecule has 0 aliphatic carbocycles. The lowest BCUT2D eigenvalue weighted by atomic mass is 10.0. The van der Waals surface area contributed by atoms with Crippen LogP contribution in [0, 0.1) is 6.85 Å². The van der Waals surface area contributed by atoms with Crippen molar-refractivity contribution in [2.45, 2.75) is 6.85 Å². The van der Waals surface area contributed by atoms with Gasteiger partial charge in [-0.25, -0.2) is 0 Å². The molecular formula is C15H12. The van der Waals surface area contributed by atoms with Gasteiger partial charge >= 0.3 is 0 Å². The molecule has 0 amide bonds. The third kappa shape index (κ3) is 1.30. The molecule has 0 aromatic heterocycles. The van der Waals surface area contributed by atoms with Crippen LogP contribution in [-0.2, 0) is 0 Å². The largest absolute Gasteiger partial charge is 0.0632 e. The van der Waals surface area contributed by atoms with Gasteiger partial charge in [0.05, 0.1) is 12.3 Å². The van der Waals surface area contributed by atoms with E-state index in [0.717, 1.165) is 0 Å². The van der Waals surface area contributed by atoms with Crippen molar-refractivity contribution in [1.29, 1.82) is 0 Å². The average Bonchev–Trinajstić information content (AvgIpc) is 2.56. The normalized spacial score (nSPS) is 23.2. The van der Waals surface area contributed by atoms with Crippen LogP contribution in [0.3, 0.4) is 0 Å². The van der Waals surface area contributed by atoms with Crippen molar-refractivity contribution in [3.8, 4) is 0 Å². The van der Waals surface area contributed by atoms with Crippen LogP contribution in [0.4, 0.5) is 0 Å². The zero-order valence-electron chi connectivity index (χ0n) is 19.5. The summed E-state index contributed by atoms with van der Waals surface area (Å²) in [7, 11) is 0. The van der Waals surface area contributed by atoms with E-state index in [0.29, 0.717) is 0 Å². The third-order valence-electron chi connectivity index (χ3n) is 2.06. The number of hydrogen-bond acceptors (Lipinski definition) is 0. The molecule has 0 unspecified atom stereocenters. The van der Waals surface area contributed by atoms with E-state index in [4.69, 9.17) is 16.4 Å². The predicted octanol–water partition coefficient (Wildman–Crippen LogP) is 4.30. The van der Waals surface area contributed by atoms with Crippen molar-refractivity contribution in [3.63, 3.8) is 0 Å². The number of fused-ring (bicyclic) bond motifs is 3. The van der Waals surface area contributed by atoms with Gasteiger partial charge in [-0.15, -0.1) is 0 Å². The molecule has 0 aliphatic heterocycles. The van der Waals surface area contributed by atoms with Crippen LogP contribution in [0.25, 0.3) is 21.5 Å². The summed E-state index contributed by atoms with van der Waals surface area (Å²) in [5.41, 5.74) is -0.731. The minimum Gasteiger partial charge on any atom is -0.0616 e. The van der Waals surface area contributed by atoms with Crippen LogP contribution >= 0.6 is 0 Å². The van der Waals surface area contributed by atoms with Gasteiger partial charge in [0.25, 0.3) is 0 Å². The molecule has 0 radical (unpaired) electrons. The van der Waals surface area contributed by atoms with E-state index in [1.54, 1.807) is 0 Å². The van der Waals surface area contributed by atoms with Gasteiger partial charge < -0.3 is 0 Å². The van der Waals surface area contributed by atoms with E-state index in [-0.39, 0.29) is 21.5 Å². The van der Waals surface area contributed by atoms with Crippen LogP contribution in [0.5, 0.6) is 0 Å². The Kier molecular flexibility index (Phi) is 0.546. The number of rotatable bonds is 0. The second-order valence-electron chi connectivity index (χ2n) is 3.00. The van der Waals surface area contributed by atoms with Crippen LogP contribution in [0.15, 0.2) is 54.4 Å². The van der Waals surface area contributed by atoms with Gasteiger partial charge in [-0.2, -0.15) is 0 Å². The highest BCUT2D eigenvalue weighted by Crippen LogP contribution is 2.25. The molecule has 0 heteroatoms. The Balaban J connectivity index is 2.85. The molecule has 0 saturated carbocycles. The molecule has 0 saturated heterocycles. The first kappa shape index (κ1) is 2.65.